The lowest BCUT2D eigenvalue weighted by atomic mass is 10.2. The topological polar surface area (TPSA) is 82.8 Å². The summed E-state index contributed by atoms with van der Waals surface area (Å²) in [6.07, 6.45) is 2.68. The monoisotopic (exact) mass is 268 g/mol. The number of carbonyl (C=O) groups is 2. The van der Waals surface area contributed by atoms with Crippen molar-refractivity contribution in [2.45, 2.75) is 39.3 Å². The lowest BCUT2D eigenvalue weighted by Crippen LogP contribution is -2.46. The Labute approximate surface area is 112 Å². The molecule has 1 atom stereocenters. The highest BCUT2D eigenvalue weighted by atomic mass is 16.4. The van der Waals surface area contributed by atoms with Gasteiger partial charge in [0.05, 0.1) is 12.8 Å². The third kappa shape index (κ3) is 4.31. The summed E-state index contributed by atoms with van der Waals surface area (Å²) in [6, 6.07) is 0.548. The fourth-order valence-electron chi connectivity index (χ4n) is 1.71. The highest BCUT2D eigenvalue weighted by Gasteiger charge is 2.21. The van der Waals surface area contributed by atoms with Crippen LogP contribution in [0.5, 0.6) is 0 Å². The number of hydrogen-bond donors (Lipinski definition) is 2. The molecule has 0 bridgehead atoms. The van der Waals surface area contributed by atoms with Crippen LogP contribution in [-0.4, -0.2) is 35.1 Å². The smallest absolute Gasteiger partial charge is 0.326 e. The zero-order valence-corrected chi connectivity index (χ0v) is 11.5. The second-order valence-corrected chi connectivity index (χ2v) is 4.49. The van der Waals surface area contributed by atoms with Crippen LogP contribution in [0.15, 0.2) is 16.7 Å². The molecule has 0 unspecified atom stereocenters. The lowest BCUT2D eigenvalue weighted by Gasteiger charge is -2.21. The van der Waals surface area contributed by atoms with Gasteiger partial charge in [0.25, 0.3) is 0 Å². The molecule has 0 aromatic carbocycles. The van der Waals surface area contributed by atoms with E-state index in [9.17, 15) is 9.59 Å². The molecule has 6 nitrogen and oxygen atoms in total. The Balaban J connectivity index is 2.57. The molecule has 0 aliphatic heterocycles. The number of carboxylic acids is 1. The molecule has 19 heavy (non-hydrogen) atoms. The van der Waals surface area contributed by atoms with E-state index in [4.69, 9.17) is 9.52 Å². The van der Waals surface area contributed by atoms with E-state index < -0.39 is 18.0 Å². The highest BCUT2D eigenvalue weighted by molar-refractivity contribution is 5.82. The average molecular weight is 268 g/mol. The SMILES string of the molecule is CCC[C@H](NC(=O)N(C)Cc1ccoc1C)C(=O)O. The fourth-order valence-corrected chi connectivity index (χ4v) is 1.71. The molecule has 0 aliphatic carbocycles. The molecule has 0 aliphatic rings. The Bertz CT molecular complexity index is 442. The zero-order chi connectivity index (χ0) is 14.4. The standard InChI is InChI=1S/C13H20N2O4/c1-4-5-11(12(16)17)14-13(18)15(3)8-10-6-7-19-9(10)2/h6-7,11H,4-5,8H2,1-3H3,(H,14,18)(H,16,17)/t11-/m0/s1. The molecule has 0 radical (unpaired) electrons. The molecule has 2 amide bonds. The second-order valence-electron chi connectivity index (χ2n) is 4.49. The van der Waals surface area contributed by atoms with Gasteiger partial charge in [0.15, 0.2) is 0 Å². The number of furan rings is 1. The summed E-state index contributed by atoms with van der Waals surface area (Å²) >= 11 is 0. The van der Waals surface area contributed by atoms with Crippen LogP contribution in [-0.2, 0) is 11.3 Å². The van der Waals surface area contributed by atoms with Crippen LogP contribution in [0.2, 0.25) is 0 Å². The quantitative estimate of drug-likeness (QED) is 0.826. The van der Waals surface area contributed by atoms with E-state index in [1.54, 1.807) is 19.4 Å². The molecule has 0 fully saturated rings. The van der Waals surface area contributed by atoms with Gasteiger partial charge < -0.3 is 19.7 Å². The van der Waals surface area contributed by atoms with Gasteiger partial charge in [-0.2, -0.15) is 0 Å². The maximum Gasteiger partial charge on any atom is 0.326 e. The summed E-state index contributed by atoms with van der Waals surface area (Å²) in [4.78, 5) is 24.3. The normalized spacial score (nSPS) is 11.9. The number of carboxylic acid groups (broad SMARTS) is 1. The predicted octanol–water partition coefficient (Wildman–Crippen LogP) is 1.98. The largest absolute Gasteiger partial charge is 0.480 e. The first kappa shape index (κ1) is 15.1. The Hall–Kier alpha value is -1.98. The number of aryl methyl sites for hydroxylation is 1. The van der Waals surface area contributed by atoms with E-state index in [0.29, 0.717) is 19.4 Å². The maximum atomic E-state index is 11.9. The van der Waals surface area contributed by atoms with Crippen molar-refractivity contribution in [2.24, 2.45) is 0 Å². The first-order valence-corrected chi connectivity index (χ1v) is 6.23. The molecule has 2 N–H and O–H groups in total. The van der Waals surface area contributed by atoms with Crippen LogP contribution in [0.3, 0.4) is 0 Å². The van der Waals surface area contributed by atoms with Gasteiger partial charge in [-0.15, -0.1) is 0 Å². The van der Waals surface area contributed by atoms with Gasteiger partial charge in [0, 0.05) is 12.6 Å². The molecule has 1 aromatic heterocycles. The lowest BCUT2D eigenvalue weighted by molar-refractivity contribution is -0.139. The number of carbonyl (C=O) groups excluding carboxylic acids is 1. The molecule has 1 aromatic rings. The van der Waals surface area contributed by atoms with Crippen molar-refractivity contribution >= 4 is 12.0 Å². The molecule has 6 heteroatoms. The Morgan fingerprint density at radius 1 is 1.53 bits per heavy atom. The van der Waals surface area contributed by atoms with Gasteiger partial charge in [-0.25, -0.2) is 9.59 Å². The second kappa shape index (κ2) is 6.82. The van der Waals surface area contributed by atoms with Gasteiger partial charge >= 0.3 is 12.0 Å². The van der Waals surface area contributed by atoms with Crippen molar-refractivity contribution < 1.29 is 19.1 Å². The fraction of sp³-hybridized carbons (Fsp3) is 0.538. The minimum absolute atomic E-state index is 0.382. The van der Waals surface area contributed by atoms with Crippen LogP contribution in [0.1, 0.15) is 31.1 Å². The molecule has 0 spiro atoms. The highest BCUT2D eigenvalue weighted by Crippen LogP contribution is 2.11. The third-order valence-electron chi connectivity index (χ3n) is 2.89. The van der Waals surface area contributed by atoms with Crippen molar-refractivity contribution in [1.29, 1.82) is 0 Å². The Morgan fingerprint density at radius 3 is 2.68 bits per heavy atom. The average Bonchev–Trinajstić information content (AvgIpc) is 2.74. The van der Waals surface area contributed by atoms with Crippen molar-refractivity contribution in [3.05, 3.63) is 23.7 Å². The molecule has 1 rings (SSSR count). The van der Waals surface area contributed by atoms with Crippen molar-refractivity contribution in [3.8, 4) is 0 Å². The van der Waals surface area contributed by atoms with Gasteiger partial charge in [0.1, 0.15) is 11.8 Å². The number of aliphatic carboxylic acids is 1. The van der Waals surface area contributed by atoms with Gasteiger partial charge in [-0.3, -0.25) is 0 Å². The van der Waals surface area contributed by atoms with Crippen LogP contribution in [0.4, 0.5) is 4.79 Å². The first-order valence-electron chi connectivity index (χ1n) is 6.23. The van der Waals surface area contributed by atoms with Crippen LogP contribution >= 0.6 is 0 Å². The van der Waals surface area contributed by atoms with Crippen LogP contribution in [0, 0.1) is 6.92 Å². The van der Waals surface area contributed by atoms with Gasteiger partial charge in [-0.05, 0) is 19.4 Å². The maximum absolute atomic E-state index is 11.9. The van der Waals surface area contributed by atoms with E-state index in [0.717, 1.165) is 11.3 Å². The number of nitrogens with zero attached hydrogens (tertiary/aromatic N) is 1. The van der Waals surface area contributed by atoms with Gasteiger partial charge in [-0.1, -0.05) is 13.3 Å². The summed E-state index contributed by atoms with van der Waals surface area (Å²) < 4.78 is 5.15. The number of amides is 2. The minimum Gasteiger partial charge on any atom is -0.480 e. The van der Waals surface area contributed by atoms with E-state index >= 15 is 0 Å². The Kier molecular flexibility index (Phi) is 5.41. The van der Waals surface area contributed by atoms with E-state index in [1.165, 1.54) is 4.90 Å². The predicted molar refractivity (Wildman–Crippen MR) is 69.8 cm³/mol. The van der Waals surface area contributed by atoms with Crippen LogP contribution < -0.4 is 5.32 Å². The molecule has 0 saturated carbocycles. The summed E-state index contributed by atoms with van der Waals surface area (Å²) in [5, 5.41) is 11.5. The van der Waals surface area contributed by atoms with Crippen molar-refractivity contribution in [2.75, 3.05) is 7.05 Å². The van der Waals surface area contributed by atoms with E-state index in [1.807, 2.05) is 13.8 Å². The number of rotatable bonds is 6. The first-order chi connectivity index (χ1) is 8.95. The molecular formula is C13H20N2O4. The number of hydrogen-bond acceptors (Lipinski definition) is 3. The number of nitrogens with one attached hydrogen (secondary N) is 1. The minimum atomic E-state index is -1.01. The van der Waals surface area contributed by atoms with Gasteiger partial charge in [0.2, 0.25) is 0 Å². The molecule has 1 heterocycles. The van der Waals surface area contributed by atoms with Crippen molar-refractivity contribution in [3.63, 3.8) is 0 Å². The summed E-state index contributed by atoms with van der Waals surface area (Å²) in [5.74, 6) is -0.258. The molecule has 0 saturated heterocycles. The summed E-state index contributed by atoms with van der Waals surface area (Å²) in [6.45, 7) is 4.07. The molecule has 106 valence electrons. The number of urea groups is 1. The molecular weight excluding hydrogens is 248 g/mol. The Morgan fingerprint density at radius 2 is 2.21 bits per heavy atom. The van der Waals surface area contributed by atoms with E-state index in [2.05, 4.69) is 5.32 Å². The summed E-state index contributed by atoms with van der Waals surface area (Å²) in [7, 11) is 1.62. The van der Waals surface area contributed by atoms with Crippen LogP contribution in [0.25, 0.3) is 0 Å². The zero-order valence-electron chi connectivity index (χ0n) is 11.5. The van der Waals surface area contributed by atoms with Crippen molar-refractivity contribution in [1.82, 2.24) is 10.2 Å². The third-order valence-corrected chi connectivity index (χ3v) is 2.89. The summed E-state index contributed by atoms with van der Waals surface area (Å²) in [5.41, 5.74) is 0.903. The van der Waals surface area contributed by atoms with E-state index in [-0.39, 0.29) is 0 Å².